The van der Waals surface area contributed by atoms with Crippen molar-refractivity contribution in [3.63, 3.8) is 0 Å². The second-order valence-corrected chi connectivity index (χ2v) is 5.76. The van der Waals surface area contributed by atoms with Gasteiger partial charge in [0.15, 0.2) is 0 Å². The number of hydrogen-bond acceptors (Lipinski definition) is 3. The average Bonchev–Trinajstić information content (AvgIpc) is 2.96. The lowest BCUT2D eigenvalue weighted by atomic mass is 10.1. The van der Waals surface area contributed by atoms with Crippen LogP contribution in [-0.2, 0) is 6.42 Å². The maximum atomic E-state index is 12.2. The third-order valence-electron chi connectivity index (χ3n) is 3.20. The highest BCUT2D eigenvalue weighted by molar-refractivity contribution is 7.14. The fraction of sp³-hybridized carbons (Fsp3) is 0.312. The topological polar surface area (TPSA) is 38.3 Å². The molecule has 0 spiro atoms. The van der Waals surface area contributed by atoms with Crippen LogP contribution in [0.3, 0.4) is 0 Å². The van der Waals surface area contributed by atoms with Crippen LogP contribution in [0.25, 0.3) is 0 Å². The fourth-order valence-corrected chi connectivity index (χ4v) is 2.78. The highest BCUT2D eigenvalue weighted by Gasteiger charge is 2.13. The standard InChI is InChI=1S/C16H19NO2S/c1-4-14-9-10-15(20-14)16(18)17-11(2)12-5-7-13(19-3)8-6-12/h5-11H,4H2,1-3H3,(H,17,18)/t11-/m1/s1. The first kappa shape index (κ1) is 14.6. The van der Waals surface area contributed by atoms with Gasteiger partial charge in [-0.2, -0.15) is 0 Å². The van der Waals surface area contributed by atoms with Crippen LogP contribution in [-0.4, -0.2) is 13.0 Å². The predicted molar refractivity (Wildman–Crippen MR) is 82.6 cm³/mol. The second-order valence-electron chi connectivity index (χ2n) is 4.59. The molecule has 0 bridgehead atoms. The largest absolute Gasteiger partial charge is 0.497 e. The van der Waals surface area contributed by atoms with Crippen molar-refractivity contribution in [2.24, 2.45) is 0 Å². The van der Waals surface area contributed by atoms with Gasteiger partial charge < -0.3 is 10.1 Å². The van der Waals surface area contributed by atoms with Crippen LogP contribution >= 0.6 is 11.3 Å². The molecular weight excluding hydrogens is 270 g/mol. The quantitative estimate of drug-likeness (QED) is 0.909. The number of nitrogens with one attached hydrogen (secondary N) is 1. The summed E-state index contributed by atoms with van der Waals surface area (Å²) in [6, 6.07) is 11.6. The minimum Gasteiger partial charge on any atom is -0.497 e. The third-order valence-corrected chi connectivity index (χ3v) is 4.43. The molecule has 1 atom stereocenters. The Morgan fingerprint density at radius 1 is 1.25 bits per heavy atom. The summed E-state index contributed by atoms with van der Waals surface area (Å²) in [7, 11) is 1.64. The summed E-state index contributed by atoms with van der Waals surface area (Å²) in [6.45, 7) is 4.07. The van der Waals surface area contributed by atoms with Crippen molar-refractivity contribution in [3.8, 4) is 5.75 Å². The molecule has 0 aliphatic carbocycles. The summed E-state index contributed by atoms with van der Waals surface area (Å²) in [5.41, 5.74) is 1.06. The van der Waals surface area contributed by atoms with E-state index in [-0.39, 0.29) is 11.9 Å². The Kier molecular flexibility index (Phi) is 4.79. The highest BCUT2D eigenvalue weighted by atomic mass is 32.1. The van der Waals surface area contributed by atoms with Crippen LogP contribution in [0, 0.1) is 0 Å². The first-order valence-electron chi connectivity index (χ1n) is 6.67. The third kappa shape index (κ3) is 3.39. The molecule has 1 amide bonds. The molecule has 4 heteroatoms. The van der Waals surface area contributed by atoms with E-state index >= 15 is 0 Å². The van der Waals surface area contributed by atoms with Gasteiger partial charge in [-0.1, -0.05) is 19.1 Å². The molecule has 0 unspecified atom stereocenters. The molecular formula is C16H19NO2S. The van der Waals surface area contributed by atoms with E-state index in [1.165, 1.54) is 4.88 Å². The van der Waals surface area contributed by atoms with Crippen molar-refractivity contribution in [2.45, 2.75) is 26.3 Å². The van der Waals surface area contributed by atoms with Crippen molar-refractivity contribution in [1.82, 2.24) is 5.32 Å². The van der Waals surface area contributed by atoms with E-state index in [0.29, 0.717) is 0 Å². The molecule has 3 nitrogen and oxygen atoms in total. The van der Waals surface area contributed by atoms with Crippen molar-refractivity contribution in [2.75, 3.05) is 7.11 Å². The molecule has 106 valence electrons. The Bertz CT molecular complexity index is 574. The normalized spacial score (nSPS) is 11.9. The predicted octanol–water partition coefficient (Wildman–Crippen LogP) is 3.81. The van der Waals surface area contributed by atoms with Crippen LogP contribution in [0.5, 0.6) is 5.75 Å². The number of hydrogen-bond donors (Lipinski definition) is 1. The van der Waals surface area contributed by atoms with E-state index in [1.807, 2.05) is 43.3 Å². The number of aryl methyl sites for hydroxylation is 1. The highest BCUT2D eigenvalue weighted by Crippen LogP contribution is 2.20. The Labute approximate surface area is 123 Å². The van der Waals surface area contributed by atoms with E-state index in [0.717, 1.165) is 22.6 Å². The zero-order valence-electron chi connectivity index (χ0n) is 12.0. The summed E-state index contributed by atoms with van der Waals surface area (Å²) in [5, 5.41) is 3.02. The number of rotatable bonds is 5. The molecule has 20 heavy (non-hydrogen) atoms. The number of thiophene rings is 1. The molecule has 0 saturated heterocycles. The molecule has 0 saturated carbocycles. The van der Waals surface area contributed by atoms with Crippen molar-refractivity contribution in [3.05, 3.63) is 51.7 Å². The van der Waals surface area contributed by atoms with Gasteiger partial charge in [-0.3, -0.25) is 4.79 Å². The van der Waals surface area contributed by atoms with E-state index in [4.69, 9.17) is 4.74 Å². The molecule has 0 aliphatic heterocycles. The number of benzene rings is 1. The van der Waals surface area contributed by atoms with Gasteiger partial charge in [-0.05, 0) is 43.2 Å². The van der Waals surface area contributed by atoms with Gasteiger partial charge in [0.05, 0.1) is 18.0 Å². The molecule has 2 aromatic rings. The van der Waals surface area contributed by atoms with E-state index in [1.54, 1.807) is 18.4 Å². The molecule has 0 radical (unpaired) electrons. The summed E-state index contributed by atoms with van der Waals surface area (Å²) < 4.78 is 5.13. The minimum absolute atomic E-state index is 0.0157. The molecule has 2 rings (SSSR count). The number of ether oxygens (including phenoxy) is 1. The molecule has 1 heterocycles. The molecule has 0 aliphatic rings. The van der Waals surface area contributed by atoms with Gasteiger partial charge in [-0.25, -0.2) is 0 Å². The van der Waals surface area contributed by atoms with Crippen molar-refractivity contribution in [1.29, 1.82) is 0 Å². The van der Waals surface area contributed by atoms with E-state index in [2.05, 4.69) is 12.2 Å². The van der Waals surface area contributed by atoms with Gasteiger partial charge in [0.1, 0.15) is 5.75 Å². The Morgan fingerprint density at radius 2 is 1.95 bits per heavy atom. The SMILES string of the molecule is CCc1ccc(C(=O)N[C@H](C)c2ccc(OC)cc2)s1. The number of carbonyl (C=O) groups excluding carboxylic acids is 1. The Morgan fingerprint density at radius 3 is 2.50 bits per heavy atom. The lowest BCUT2D eigenvalue weighted by Crippen LogP contribution is -2.25. The van der Waals surface area contributed by atoms with E-state index in [9.17, 15) is 4.79 Å². The molecule has 1 aromatic heterocycles. The van der Waals surface area contributed by atoms with Gasteiger partial charge in [0.25, 0.3) is 5.91 Å². The second kappa shape index (κ2) is 6.57. The van der Waals surface area contributed by atoms with Crippen LogP contribution in [0.1, 0.15) is 40.0 Å². The molecule has 1 N–H and O–H groups in total. The number of methoxy groups -OCH3 is 1. The first-order valence-corrected chi connectivity index (χ1v) is 7.49. The zero-order valence-corrected chi connectivity index (χ0v) is 12.8. The van der Waals surface area contributed by atoms with Crippen LogP contribution in [0.2, 0.25) is 0 Å². The summed E-state index contributed by atoms with van der Waals surface area (Å²) in [5.74, 6) is 0.802. The number of carbonyl (C=O) groups is 1. The molecule has 0 fully saturated rings. The van der Waals surface area contributed by atoms with E-state index < -0.39 is 0 Å². The van der Waals surface area contributed by atoms with Gasteiger partial charge in [0.2, 0.25) is 0 Å². The van der Waals surface area contributed by atoms with Gasteiger partial charge in [0, 0.05) is 4.88 Å². The average molecular weight is 289 g/mol. The zero-order chi connectivity index (χ0) is 14.5. The van der Waals surface area contributed by atoms with Crippen molar-refractivity contribution >= 4 is 17.2 Å². The lowest BCUT2D eigenvalue weighted by molar-refractivity contribution is 0.0944. The summed E-state index contributed by atoms with van der Waals surface area (Å²) in [4.78, 5) is 14.2. The van der Waals surface area contributed by atoms with Gasteiger partial charge in [-0.15, -0.1) is 11.3 Å². The van der Waals surface area contributed by atoms with Crippen molar-refractivity contribution < 1.29 is 9.53 Å². The molecule has 1 aromatic carbocycles. The summed E-state index contributed by atoms with van der Waals surface area (Å²) >= 11 is 1.55. The Hall–Kier alpha value is -1.81. The minimum atomic E-state index is -0.0272. The lowest BCUT2D eigenvalue weighted by Gasteiger charge is -2.14. The fourth-order valence-electron chi connectivity index (χ4n) is 1.93. The van der Waals surface area contributed by atoms with Crippen LogP contribution in [0.15, 0.2) is 36.4 Å². The van der Waals surface area contributed by atoms with Crippen LogP contribution in [0.4, 0.5) is 0 Å². The number of amides is 1. The van der Waals surface area contributed by atoms with Crippen LogP contribution < -0.4 is 10.1 Å². The first-order chi connectivity index (χ1) is 9.63. The maximum absolute atomic E-state index is 12.2. The smallest absolute Gasteiger partial charge is 0.261 e. The monoisotopic (exact) mass is 289 g/mol. The van der Waals surface area contributed by atoms with Gasteiger partial charge >= 0.3 is 0 Å². The maximum Gasteiger partial charge on any atom is 0.261 e. The Balaban J connectivity index is 2.02. The summed E-state index contributed by atoms with van der Waals surface area (Å²) in [6.07, 6.45) is 0.964.